The van der Waals surface area contributed by atoms with Crippen LogP contribution < -0.4 is 10.1 Å². The fourth-order valence-corrected chi connectivity index (χ4v) is 2.90. The number of methoxy groups -OCH3 is 1. The van der Waals surface area contributed by atoms with Gasteiger partial charge in [-0.05, 0) is 42.8 Å². The highest BCUT2D eigenvalue weighted by Gasteiger charge is 2.14. The molecule has 0 aliphatic carbocycles. The Kier molecular flexibility index (Phi) is 4.27. The van der Waals surface area contributed by atoms with Crippen LogP contribution >= 0.6 is 0 Å². The molecule has 0 bridgehead atoms. The molecule has 2 aromatic carbocycles. The second-order valence-corrected chi connectivity index (χ2v) is 6.17. The molecule has 5 heteroatoms. The van der Waals surface area contributed by atoms with Gasteiger partial charge in [0.25, 0.3) is 0 Å². The van der Waals surface area contributed by atoms with Crippen molar-refractivity contribution in [1.29, 1.82) is 0 Å². The van der Waals surface area contributed by atoms with Gasteiger partial charge in [0.15, 0.2) is 0 Å². The van der Waals surface area contributed by atoms with Gasteiger partial charge in [0.2, 0.25) is 5.78 Å². The Labute approximate surface area is 152 Å². The zero-order chi connectivity index (χ0) is 17.9. The molecule has 2 aromatic heterocycles. The van der Waals surface area contributed by atoms with Crippen LogP contribution in [-0.4, -0.2) is 21.5 Å². The van der Waals surface area contributed by atoms with E-state index in [2.05, 4.69) is 41.5 Å². The molecule has 26 heavy (non-hydrogen) atoms. The minimum atomic E-state index is 0.671. The minimum absolute atomic E-state index is 0.671. The summed E-state index contributed by atoms with van der Waals surface area (Å²) in [6, 6.07) is 18.3. The van der Waals surface area contributed by atoms with Gasteiger partial charge in [0, 0.05) is 24.5 Å². The molecule has 0 fully saturated rings. The summed E-state index contributed by atoms with van der Waals surface area (Å²) in [5.74, 6) is 2.42. The molecule has 2 heterocycles. The van der Waals surface area contributed by atoms with Gasteiger partial charge >= 0.3 is 0 Å². The first kappa shape index (κ1) is 16.1. The third-order valence-corrected chi connectivity index (χ3v) is 4.35. The molecule has 0 amide bonds. The van der Waals surface area contributed by atoms with Crippen LogP contribution in [0.4, 0.5) is 5.82 Å². The van der Waals surface area contributed by atoms with Crippen molar-refractivity contribution >= 4 is 11.6 Å². The van der Waals surface area contributed by atoms with E-state index in [0.29, 0.717) is 12.3 Å². The van der Waals surface area contributed by atoms with Crippen molar-refractivity contribution in [2.24, 2.45) is 0 Å². The predicted molar refractivity (Wildman–Crippen MR) is 103 cm³/mol. The molecular formula is C21H20N4O. The number of aryl methyl sites for hydroxylation is 1. The van der Waals surface area contributed by atoms with Crippen molar-refractivity contribution < 1.29 is 4.74 Å². The Morgan fingerprint density at radius 2 is 1.81 bits per heavy atom. The molecule has 0 aliphatic rings. The lowest BCUT2D eigenvalue weighted by Gasteiger charge is -2.09. The Morgan fingerprint density at radius 1 is 1.04 bits per heavy atom. The number of aromatic nitrogens is 3. The topological polar surface area (TPSA) is 51.5 Å². The van der Waals surface area contributed by atoms with E-state index in [-0.39, 0.29) is 0 Å². The lowest BCUT2D eigenvalue weighted by atomic mass is 10.1. The molecule has 0 unspecified atom stereocenters. The SMILES string of the molecule is COc1ccc(-c2nc3ncccn3c2NCc2ccc(C)cc2)cc1. The first-order valence-electron chi connectivity index (χ1n) is 8.51. The summed E-state index contributed by atoms with van der Waals surface area (Å²) in [5.41, 5.74) is 4.36. The molecule has 4 rings (SSSR count). The molecule has 0 saturated heterocycles. The van der Waals surface area contributed by atoms with E-state index >= 15 is 0 Å². The van der Waals surface area contributed by atoms with E-state index in [1.54, 1.807) is 13.3 Å². The van der Waals surface area contributed by atoms with Crippen molar-refractivity contribution in [3.63, 3.8) is 0 Å². The number of hydrogen-bond acceptors (Lipinski definition) is 4. The van der Waals surface area contributed by atoms with E-state index in [9.17, 15) is 0 Å². The van der Waals surface area contributed by atoms with Gasteiger partial charge in [-0.1, -0.05) is 29.8 Å². The molecule has 1 N–H and O–H groups in total. The summed E-state index contributed by atoms with van der Waals surface area (Å²) < 4.78 is 7.24. The van der Waals surface area contributed by atoms with Crippen molar-refractivity contribution in [1.82, 2.24) is 14.4 Å². The zero-order valence-electron chi connectivity index (χ0n) is 14.8. The summed E-state index contributed by atoms with van der Waals surface area (Å²) in [5, 5.41) is 3.53. The van der Waals surface area contributed by atoms with Crippen LogP contribution in [0.25, 0.3) is 17.0 Å². The number of imidazole rings is 1. The van der Waals surface area contributed by atoms with Crippen molar-refractivity contribution in [2.45, 2.75) is 13.5 Å². The van der Waals surface area contributed by atoms with Gasteiger partial charge in [-0.15, -0.1) is 0 Å². The average Bonchev–Trinajstić information content (AvgIpc) is 3.06. The minimum Gasteiger partial charge on any atom is -0.497 e. The average molecular weight is 344 g/mol. The van der Waals surface area contributed by atoms with Crippen LogP contribution in [0.15, 0.2) is 67.0 Å². The number of benzene rings is 2. The third-order valence-electron chi connectivity index (χ3n) is 4.35. The second-order valence-electron chi connectivity index (χ2n) is 6.17. The second kappa shape index (κ2) is 6.88. The highest BCUT2D eigenvalue weighted by atomic mass is 16.5. The molecule has 0 saturated carbocycles. The van der Waals surface area contributed by atoms with E-state index < -0.39 is 0 Å². The molecule has 0 radical (unpaired) electrons. The summed E-state index contributed by atoms with van der Waals surface area (Å²) >= 11 is 0. The number of rotatable bonds is 5. The number of fused-ring (bicyclic) bond motifs is 1. The molecule has 0 atom stereocenters. The van der Waals surface area contributed by atoms with Crippen LogP contribution in [0.1, 0.15) is 11.1 Å². The molecular weight excluding hydrogens is 324 g/mol. The molecule has 0 spiro atoms. The first-order chi connectivity index (χ1) is 12.7. The number of anilines is 1. The van der Waals surface area contributed by atoms with Crippen LogP contribution in [-0.2, 0) is 6.54 Å². The van der Waals surface area contributed by atoms with E-state index in [0.717, 1.165) is 22.8 Å². The Bertz CT molecular complexity index is 1020. The number of nitrogens with zero attached hydrogens (tertiary/aromatic N) is 3. The molecule has 5 nitrogen and oxygen atoms in total. The van der Waals surface area contributed by atoms with Gasteiger partial charge in [-0.3, -0.25) is 4.40 Å². The maximum Gasteiger partial charge on any atom is 0.235 e. The first-order valence-corrected chi connectivity index (χ1v) is 8.51. The predicted octanol–water partition coefficient (Wildman–Crippen LogP) is 4.33. The Morgan fingerprint density at radius 3 is 2.54 bits per heavy atom. The lowest BCUT2D eigenvalue weighted by molar-refractivity contribution is 0.415. The van der Waals surface area contributed by atoms with Crippen molar-refractivity contribution in [2.75, 3.05) is 12.4 Å². The fourth-order valence-electron chi connectivity index (χ4n) is 2.90. The monoisotopic (exact) mass is 344 g/mol. The molecule has 4 aromatic rings. The fraction of sp³-hybridized carbons (Fsp3) is 0.143. The van der Waals surface area contributed by atoms with Crippen LogP contribution in [0.2, 0.25) is 0 Å². The number of nitrogens with one attached hydrogen (secondary N) is 1. The van der Waals surface area contributed by atoms with Gasteiger partial charge in [-0.25, -0.2) is 9.97 Å². The van der Waals surface area contributed by atoms with E-state index in [1.165, 1.54) is 11.1 Å². The van der Waals surface area contributed by atoms with E-state index in [1.807, 2.05) is 40.9 Å². The standard InChI is InChI=1S/C21H20N4O/c1-15-4-6-16(7-5-15)14-23-20-19(17-8-10-18(26-2)11-9-17)24-21-22-12-3-13-25(20)21/h3-13,23H,14H2,1-2H3. The maximum atomic E-state index is 5.26. The summed E-state index contributed by atoms with van der Waals surface area (Å²) in [6.07, 6.45) is 3.73. The number of ether oxygens (including phenoxy) is 1. The van der Waals surface area contributed by atoms with Gasteiger partial charge in [0.1, 0.15) is 17.3 Å². The number of hydrogen-bond donors (Lipinski definition) is 1. The smallest absolute Gasteiger partial charge is 0.235 e. The normalized spacial score (nSPS) is 10.8. The molecule has 0 aliphatic heterocycles. The van der Waals surface area contributed by atoms with Crippen molar-refractivity contribution in [3.8, 4) is 17.0 Å². The Balaban J connectivity index is 1.72. The van der Waals surface area contributed by atoms with Gasteiger partial charge < -0.3 is 10.1 Å². The lowest BCUT2D eigenvalue weighted by Crippen LogP contribution is -2.03. The van der Waals surface area contributed by atoms with Gasteiger partial charge in [-0.2, -0.15) is 0 Å². The molecule has 130 valence electrons. The van der Waals surface area contributed by atoms with Crippen molar-refractivity contribution in [3.05, 3.63) is 78.1 Å². The highest BCUT2D eigenvalue weighted by Crippen LogP contribution is 2.29. The van der Waals surface area contributed by atoms with Crippen LogP contribution in [0.3, 0.4) is 0 Å². The van der Waals surface area contributed by atoms with E-state index in [4.69, 9.17) is 9.72 Å². The highest BCUT2D eigenvalue weighted by molar-refractivity contribution is 5.75. The van der Waals surface area contributed by atoms with Crippen LogP contribution in [0.5, 0.6) is 5.75 Å². The summed E-state index contributed by atoms with van der Waals surface area (Å²) in [7, 11) is 1.67. The third kappa shape index (κ3) is 3.11. The summed E-state index contributed by atoms with van der Waals surface area (Å²) in [6.45, 7) is 2.81. The summed E-state index contributed by atoms with van der Waals surface area (Å²) in [4.78, 5) is 9.09. The Hall–Kier alpha value is -3.34. The van der Waals surface area contributed by atoms with Gasteiger partial charge in [0.05, 0.1) is 7.11 Å². The largest absolute Gasteiger partial charge is 0.497 e. The zero-order valence-corrected chi connectivity index (χ0v) is 14.8. The van der Waals surface area contributed by atoms with Crippen LogP contribution in [0, 0.1) is 6.92 Å². The maximum absolute atomic E-state index is 5.26. The quantitative estimate of drug-likeness (QED) is 0.586.